The number of carbonyl (C=O) groups is 1. The van der Waals surface area contributed by atoms with Crippen molar-refractivity contribution in [2.24, 2.45) is 11.0 Å². The Morgan fingerprint density at radius 2 is 2.06 bits per heavy atom. The fraction of sp³-hybridized carbons (Fsp3) is 0.250. The molecule has 1 N–H and O–H groups in total. The molecule has 0 spiro atoms. The Morgan fingerprint density at radius 3 is 2.56 bits per heavy atom. The van der Waals surface area contributed by atoms with Gasteiger partial charge in [-0.15, -0.1) is 0 Å². The first-order valence-electron chi connectivity index (χ1n) is 5.18. The van der Waals surface area contributed by atoms with E-state index in [1.807, 2.05) is 0 Å². The molecular weight excluding hydrogens is 273 g/mol. The highest BCUT2D eigenvalue weighted by Crippen LogP contribution is 2.24. The topological polar surface area (TPSA) is 65.2 Å². The number of Topliss-reactive ketones (excluding diaryl/α,β-unsaturated/α-hetero) is 1. The van der Waals surface area contributed by atoms with Gasteiger partial charge in [-0.3, -0.25) is 10.2 Å². The van der Waals surface area contributed by atoms with Crippen molar-refractivity contribution in [3.63, 3.8) is 0 Å². The summed E-state index contributed by atoms with van der Waals surface area (Å²) in [4.78, 5) is 11.6. The molecule has 0 saturated heterocycles. The lowest BCUT2D eigenvalue weighted by Gasteiger charge is -2.04. The van der Waals surface area contributed by atoms with Crippen molar-refractivity contribution in [3.8, 4) is 6.07 Å². The maximum atomic E-state index is 11.6. The monoisotopic (exact) mass is 283 g/mol. The predicted molar refractivity (Wildman–Crippen MR) is 73.0 cm³/mol. The number of nitrogens with one attached hydrogen (secondary N) is 1. The van der Waals surface area contributed by atoms with Crippen molar-refractivity contribution >= 4 is 40.4 Å². The van der Waals surface area contributed by atoms with Crippen LogP contribution in [0.4, 0.5) is 5.69 Å². The molecule has 0 fully saturated rings. The molecule has 0 radical (unpaired) electrons. The summed E-state index contributed by atoms with van der Waals surface area (Å²) in [5.74, 6) is -0.593. The summed E-state index contributed by atoms with van der Waals surface area (Å²) in [7, 11) is 0. The van der Waals surface area contributed by atoms with Crippen LogP contribution in [0.3, 0.4) is 0 Å². The number of anilines is 1. The van der Waals surface area contributed by atoms with E-state index in [1.165, 1.54) is 0 Å². The van der Waals surface area contributed by atoms with E-state index in [9.17, 15) is 4.79 Å². The number of hydrogen-bond acceptors (Lipinski definition) is 4. The number of carbonyl (C=O) groups excluding carboxylic acids is 1. The van der Waals surface area contributed by atoms with Gasteiger partial charge in [0.1, 0.15) is 6.07 Å². The molecule has 4 nitrogen and oxygen atoms in total. The predicted octanol–water partition coefficient (Wildman–Crippen LogP) is 3.51. The van der Waals surface area contributed by atoms with Crippen LogP contribution in [-0.4, -0.2) is 11.5 Å². The van der Waals surface area contributed by atoms with Gasteiger partial charge >= 0.3 is 0 Å². The Kier molecular flexibility index (Phi) is 5.14. The third-order valence-corrected chi connectivity index (χ3v) is 2.82. The number of halogens is 2. The second-order valence-corrected chi connectivity index (χ2v) is 4.65. The van der Waals surface area contributed by atoms with Crippen LogP contribution >= 0.6 is 23.2 Å². The second kappa shape index (κ2) is 6.39. The van der Waals surface area contributed by atoms with Gasteiger partial charge in [0.05, 0.1) is 15.7 Å². The maximum absolute atomic E-state index is 11.6. The van der Waals surface area contributed by atoms with Crippen LogP contribution in [0.2, 0.25) is 10.0 Å². The van der Waals surface area contributed by atoms with Crippen molar-refractivity contribution in [2.45, 2.75) is 13.8 Å². The molecule has 0 aliphatic rings. The molecule has 6 heteroatoms. The van der Waals surface area contributed by atoms with E-state index in [0.717, 1.165) is 0 Å². The standard InChI is InChI=1S/C12H11Cl2N3O/c1-7(2)12(18)11(6-15)17-16-8-3-4-9(13)10(14)5-8/h3-5,7,16H,1-2H3/b17-11+. The highest BCUT2D eigenvalue weighted by Gasteiger charge is 2.15. The molecule has 0 aliphatic heterocycles. The molecule has 0 saturated carbocycles. The lowest BCUT2D eigenvalue weighted by atomic mass is 10.1. The van der Waals surface area contributed by atoms with Gasteiger partial charge in [0, 0.05) is 5.92 Å². The largest absolute Gasteiger partial charge is 0.291 e. The number of ketones is 1. The smallest absolute Gasteiger partial charge is 0.203 e. The van der Waals surface area contributed by atoms with E-state index in [-0.39, 0.29) is 17.4 Å². The summed E-state index contributed by atoms with van der Waals surface area (Å²) < 4.78 is 0. The first kappa shape index (κ1) is 14.5. The van der Waals surface area contributed by atoms with Crippen molar-refractivity contribution < 1.29 is 4.79 Å². The van der Waals surface area contributed by atoms with Crippen molar-refractivity contribution in [1.29, 1.82) is 5.26 Å². The minimum absolute atomic E-state index is 0.170. The Hall–Kier alpha value is -1.57. The molecule has 0 aliphatic carbocycles. The SMILES string of the molecule is CC(C)C(=O)/C(C#N)=N/Nc1ccc(Cl)c(Cl)c1. The first-order valence-corrected chi connectivity index (χ1v) is 5.94. The van der Waals surface area contributed by atoms with Crippen molar-refractivity contribution in [2.75, 3.05) is 5.43 Å². The Labute approximate surface area is 115 Å². The molecule has 1 aromatic rings. The minimum Gasteiger partial charge on any atom is -0.291 e. The van der Waals surface area contributed by atoms with Gasteiger partial charge in [0.15, 0.2) is 5.78 Å². The lowest BCUT2D eigenvalue weighted by Crippen LogP contribution is -2.19. The fourth-order valence-corrected chi connectivity index (χ4v) is 1.39. The van der Waals surface area contributed by atoms with Crippen LogP contribution in [0.5, 0.6) is 0 Å². The summed E-state index contributed by atoms with van der Waals surface area (Å²) in [5.41, 5.74) is 2.98. The molecule has 0 aromatic heterocycles. The lowest BCUT2D eigenvalue weighted by molar-refractivity contribution is -0.115. The zero-order valence-electron chi connectivity index (χ0n) is 9.87. The molecular formula is C12H11Cl2N3O. The normalized spacial score (nSPS) is 11.2. The second-order valence-electron chi connectivity index (χ2n) is 3.83. The van der Waals surface area contributed by atoms with Gasteiger partial charge in [0.25, 0.3) is 0 Å². The summed E-state index contributed by atoms with van der Waals surface area (Å²) >= 11 is 11.6. The van der Waals surface area contributed by atoms with Crippen LogP contribution < -0.4 is 5.43 Å². The van der Waals surface area contributed by atoms with Crippen LogP contribution in [0.15, 0.2) is 23.3 Å². The van der Waals surface area contributed by atoms with Gasteiger partial charge in [0.2, 0.25) is 5.71 Å². The molecule has 94 valence electrons. The fourth-order valence-electron chi connectivity index (χ4n) is 1.09. The van der Waals surface area contributed by atoms with Crippen LogP contribution in [0, 0.1) is 17.2 Å². The van der Waals surface area contributed by atoms with Gasteiger partial charge in [-0.25, -0.2) is 0 Å². The average Bonchev–Trinajstić information content (AvgIpc) is 2.33. The molecule has 0 unspecified atom stereocenters. The molecule has 0 bridgehead atoms. The first-order chi connectivity index (χ1) is 8.45. The number of nitrogens with zero attached hydrogens (tertiary/aromatic N) is 2. The summed E-state index contributed by atoms with van der Waals surface area (Å²) in [6.45, 7) is 3.41. The highest BCUT2D eigenvalue weighted by atomic mass is 35.5. The van der Waals surface area contributed by atoms with Crippen LogP contribution in [0.25, 0.3) is 0 Å². The van der Waals surface area contributed by atoms with Gasteiger partial charge in [-0.2, -0.15) is 10.4 Å². The van der Waals surface area contributed by atoms with Crippen LogP contribution in [-0.2, 0) is 4.79 Å². The highest BCUT2D eigenvalue weighted by molar-refractivity contribution is 6.46. The Morgan fingerprint density at radius 1 is 1.39 bits per heavy atom. The van der Waals surface area contributed by atoms with E-state index in [4.69, 9.17) is 28.5 Å². The molecule has 0 heterocycles. The molecule has 1 rings (SSSR count). The number of rotatable bonds is 4. The third-order valence-electron chi connectivity index (χ3n) is 2.08. The number of nitriles is 1. The zero-order chi connectivity index (χ0) is 13.7. The summed E-state index contributed by atoms with van der Waals surface area (Å²) in [5, 5.41) is 13.4. The number of hydrogen-bond donors (Lipinski definition) is 1. The van der Waals surface area contributed by atoms with Crippen LogP contribution in [0.1, 0.15) is 13.8 Å². The molecule has 0 atom stereocenters. The zero-order valence-corrected chi connectivity index (χ0v) is 11.4. The molecule has 1 aromatic carbocycles. The third kappa shape index (κ3) is 3.73. The van der Waals surface area contributed by atoms with E-state index >= 15 is 0 Å². The Balaban J connectivity index is 2.87. The Bertz CT molecular complexity index is 533. The van der Waals surface area contributed by atoms with Crippen molar-refractivity contribution in [1.82, 2.24) is 0 Å². The quantitative estimate of drug-likeness (QED) is 0.679. The van der Waals surface area contributed by atoms with Gasteiger partial charge in [-0.1, -0.05) is 37.0 Å². The van der Waals surface area contributed by atoms with Crippen molar-refractivity contribution in [3.05, 3.63) is 28.2 Å². The van der Waals surface area contributed by atoms with E-state index in [0.29, 0.717) is 15.7 Å². The molecule has 0 amide bonds. The van der Waals surface area contributed by atoms with E-state index in [2.05, 4.69) is 10.5 Å². The van der Waals surface area contributed by atoms with E-state index < -0.39 is 0 Å². The maximum Gasteiger partial charge on any atom is 0.203 e. The summed E-state index contributed by atoms with van der Waals surface area (Å²) in [6.07, 6.45) is 0. The minimum atomic E-state index is -0.315. The van der Waals surface area contributed by atoms with Gasteiger partial charge in [-0.05, 0) is 18.2 Å². The molecule has 18 heavy (non-hydrogen) atoms. The number of hydrazone groups is 1. The average molecular weight is 284 g/mol. The van der Waals surface area contributed by atoms with E-state index in [1.54, 1.807) is 38.1 Å². The number of benzene rings is 1. The van der Waals surface area contributed by atoms with Gasteiger partial charge < -0.3 is 0 Å². The summed E-state index contributed by atoms with van der Waals surface area (Å²) in [6, 6.07) is 6.56.